The maximum atomic E-state index is 11.8. The minimum absolute atomic E-state index is 0.319. The Hall–Kier alpha value is -2.62. The van der Waals surface area contributed by atoms with Crippen LogP contribution in [0.1, 0.15) is 15.9 Å². The number of nitrogens with one attached hydrogen (secondary N) is 1. The van der Waals surface area contributed by atoms with Crippen LogP contribution in [0.15, 0.2) is 59.7 Å². The molecule has 18 heavy (non-hydrogen) atoms. The molecule has 0 bridgehead atoms. The Balaban J connectivity index is 2.01. The molecule has 0 radical (unpaired) electrons. The van der Waals surface area contributed by atoms with Crippen LogP contribution in [0.5, 0.6) is 0 Å². The fourth-order valence-corrected chi connectivity index (χ4v) is 1.47. The van der Waals surface area contributed by atoms with Gasteiger partial charge in [-0.25, -0.2) is 5.43 Å². The predicted octanol–water partition coefficient (Wildman–Crippen LogP) is 2.03. The average molecular weight is 239 g/mol. The van der Waals surface area contributed by atoms with Crippen molar-refractivity contribution in [3.63, 3.8) is 0 Å². The van der Waals surface area contributed by atoms with E-state index in [1.807, 2.05) is 30.3 Å². The molecule has 0 atom stereocenters. The molecular weight excluding hydrogens is 226 g/mol. The second kappa shape index (κ2) is 5.63. The van der Waals surface area contributed by atoms with E-state index in [1.54, 1.807) is 30.5 Å². The molecule has 0 aromatic heterocycles. The van der Waals surface area contributed by atoms with Gasteiger partial charge in [0.2, 0.25) is 0 Å². The monoisotopic (exact) mass is 239 g/mol. The Morgan fingerprint density at radius 2 is 1.72 bits per heavy atom. The zero-order valence-corrected chi connectivity index (χ0v) is 9.71. The van der Waals surface area contributed by atoms with Crippen LogP contribution >= 0.6 is 0 Å². The number of hydrazone groups is 1. The number of para-hydroxylation sites is 1. The number of carbonyl (C=O) groups excluding carboxylic acids is 1. The first-order valence-electron chi connectivity index (χ1n) is 5.50. The van der Waals surface area contributed by atoms with Crippen LogP contribution in [0.25, 0.3) is 0 Å². The van der Waals surface area contributed by atoms with Crippen LogP contribution in [-0.2, 0) is 0 Å². The van der Waals surface area contributed by atoms with Gasteiger partial charge in [0.05, 0.1) is 11.8 Å². The van der Waals surface area contributed by atoms with Crippen LogP contribution in [0.2, 0.25) is 0 Å². The van der Waals surface area contributed by atoms with Gasteiger partial charge in [0.1, 0.15) is 0 Å². The largest absolute Gasteiger partial charge is 0.398 e. The Labute approximate surface area is 105 Å². The Morgan fingerprint density at radius 3 is 2.44 bits per heavy atom. The van der Waals surface area contributed by atoms with Gasteiger partial charge in [-0.3, -0.25) is 4.79 Å². The molecule has 0 spiro atoms. The quantitative estimate of drug-likeness (QED) is 0.489. The number of benzene rings is 2. The number of nitrogens with two attached hydrogens (primary N) is 1. The zero-order chi connectivity index (χ0) is 12.8. The smallest absolute Gasteiger partial charge is 0.273 e. The van der Waals surface area contributed by atoms with Gasteiger partial charge < -0.3 is 5.73 Å². The highest BCUT2D eigenvalue weighted by Crippen LogP contribution is 2.09. The van der Waals surface area contributed by atoms with Gasteiger partial charge in [0, 0.05) is 5.69 Å². The molecule has 0 unspecified atom stereocenters. The van der Waals surface area contributed by atoms with E-state index in [-0.39, 0.29) is 5.91 Å². The first-order valence-corrected chi connectivity index (χ1v) is 5.50. The minimum atomic E-state index is -0.319. The number of rotatable bonds is 3. The van der Waals surface area contributed by atoms with E-state index in [2.05, 4.69) is 10.5 Å². The molecule has 3 N–H and O–H groups in total. The standard InChI is InChI=1S/C14H13N3O/c15-13-9-5-4-8-12(13)14(18)17-16-10-11-6-2-1-3-7-11/h1-10H,15H2,(H,17,18)/b16-10+. The van der Waals surface area contributed by atoms with Crippen molar-refractivity contribution in [2.75, 3.05) is 5.73 Å². The molecule has 0 saturated heterocycles. The second-order valence-corrected chi connectivity index (χ2v) is 3.70. The van der Waals surface area contributed by atoms with Gasteiger partial charge >= 0.3 is 0 Å². The lowest BCUT2D eigenvalue weighted by atomic mass is 10.2. The van der Waals surface area contributed by atoms with Crippen LogP contribution in [0.4, 0.5) is 5.69 Å². The Bertz CT molecular complexity index is 564. The molecule has 90 valence electrons. The molecule has 0 heterocycles. The van der Waals surface area contributed by atoms with Gasteiger partial charge in [0.25, 0.3) is 5.91 Å². The van der Waals surface area contributed by atoms with E-state index in [4.69, 9.17) is 5.73 Å². The number of nitrogen functional groups attached to an aromatic ring is 1. The SMILES string of the molecule is Nc1ccccc1C(=O)N/N=C/c1ccccc1. The van der Waals surface area contributed by atoms with Crippen LogP contribution in [0.3, 0.4) is 0 Å². The van der Waals surface area contributed by atoms with Gasteiger partial charge in [-0.15, -0.1) is 0 Å². The lowest BCUT2D eigenvalue weighted by Crippen LogP contribution is -2.18. The van der Waals surface area contributed by atoms with Crippen molar-refractivity contribution in [3.8, 4) is 0 Å². The molecule has 2 rings (SSSR count). The molecule has 0 fully saturated rings. The number of anilines is 1. The van der Waals surface area contributed by atoms with E-state index < -0.39 is 0 Å². The fourth-order valence-electron chi connectivity index (χ4n) is 1.47. The number of amides is 1. The number of nitrogens with zero attached hydrogens (tertiary/aromatic N) is 1. The third kappa shape index (κ3) is 2.95. The predicted molar refractivity (Wildman–Crippen MR) is 72.4 cm³/mol. The first-order chi connectivity index (χ1) is 8.77. The summed E-state index contributed by atoms with van der Waals surface area (Å²) >= 11 is 0. The molecule has 0 aliphatic carbocycles. The lowest BCUT2D eigenvalue weighted by Gasteiger charge is -2.02. The normalized spacial score (nSPS) is 10.4. The summed E-state index contributed by atoms with van der Waals surface area (Å²) in [6.45, 7) is 0. The van der Waals surface area contributed by atoms with Crippen molar-refractivity contribution in [2.24, 2.45) is 5.10 Å². The molecule has 0 saturated carbocycles. The molecule has 4 nitrogen and oxygen atoms in total. The number of hydrogen-bond donors (Lipinski definition) is 2. The number of hydrogen-bond acceptors (Lipinski definition) is 3. The second-order valence-electron chi connectivity index (χ2n) is 3.70. The highest BCUT2D eigenvalue weighted by atomic mass is 16.2. The molecule has 1 amide bonds. The third-order valence-corrected chi connectivity index (χ3v) is 2.38. The molecule has 2 aromatic carbocycles. The Kier molecular flexibility index (Phi) is 3.71. The highest BCUT2D eigenvalue weighted by Gasteiger charge is 2.06. The molecule has 4 heteroatoms. The van der Waals surface area contributed by atoms with E-state index >= 15 is 0 Å². The van der Waals surface area contributed by atoms with E-state index in [0.29, 0.717) is 11.3 Å². The van der Waals surface area contributed by atoms with Crippen molar-refractivity contribution in [3.05, 3.63) is 65.7 Å². The number of carbonyl (C=O) groups is 1. The summed E-state index contributed by atoms with van der Waals surface area (Å²) in [4.78, 5) is 11.8. The van der Waals surface area contributed by atoms with E-state index in [9.17, 15) is 4.79 Å². The van der Waals surface area contributed by atoms with Crippen molar-refractivity contribution in [1.29, 1.82) is 0 Å². The maximum absolute atomic E-state index is 11.8. The van der Waals surface area contributed by atoms with Gasteiger partial charge in [-0.2, -0.15) is 5.10 Å². The molecule has 2 aromatic rings. The van der Waals surface area contributed by atoms with Gasteiger partial charge in [-0.05, 0) is 17.7 Å². The van der Waals surface area contributed by atoms with Gasteiger partial charge in [0.15, 0.2) is 0 Å². The summed E-state index contributed by atoms with van der Waals surface area (Å²) in [6.07, 6.45) is 1.58. The zero-order valence-electron chi connectivity index (χ0n) is 9.71. The molecular formula is C14H13N3O. The topological polar surface area (TPSA) is 67.5 Å². The van der Waals surface area contributed by atoms with E-state index in [0.717, 1.165) is 5.56 Å². The summed E-state index contributed by atoms with van der Waals surface area (Å²) < 4.78 is 0. The summed E-state index contributed by atoms with van der Waals surface area (Å²) in [5, 5.41) is 3.88. The summed E-state index contributed by atoms with van der Waals surface area (Å²) in [7, 11) is 0. The summed E-state index contributed by atoms with van der Waals surface area (Å²) in [6, 6.07) is 16.4. The third-order valence-electron chi connectivity index (χ3n) is 2.38. The summed E-state index contributed by atoms with van der Waals surface area (Å²) in [5.41, 5.74) is 9.90. The van der Waals surface area contributed by atoms with Gasteiger partial charge in [-0.1, -0.05) is 42.5 Å². The van der Waals surface area contributed by atoms with Crippen molar-refractivity contribution < 1.29 is 4.79 Å². The molecule has 0 aliphatic rings. The van der Waals surface area contributed by atoms with E-state index in [1.165, 1.54) is 0 Å². The fraction of sp³-hybridized carbons (Fsp3) is 0. The minimum Gasteiger partial charge on any atom is -0.398 e. The van der Waals surface area contributed by atoms with Crippen LogP contribution in [0, 0.1) is 0 Å². The summed E-state index contributed by atoms with van der Waals surface area (Å²) in [5.74, 6) is -0.319. The van der Waals surface area contributed by atoms with Crippen molar-refractivity contribution in [1.82, 2.24) is 5.43 Å². The first kappa shape index (κ1) is 11.9. The average Bonchev–Trinajstić information content (AvgIpc) is 2.40. The highest BCUT2D eigenvalue weighted by molar-refractivity contribution is 5.99. The van der Waals surface area contributed by atoms with Crippen molar-refractivity contribution >= 4 is 17.8 Å². The molecule has 0 aliphatic heterocycles. The van der Waals surface area contributed by atoms with Crippen LogP contribution < -0.4 is 11.2 Å². The van der Waals surface area contributed by atoms with Crippen LogP contribution in [-0.4, -0.2) is 12.1 Å². The Morgan fingerprint density at radius 1 is 1.06 bits per heavy atom. The van der Waals surface area contributed by atoms with Crippen molar-refractivity contribution in [2.45, 2.75) is 0 Å². The maximum Gasteiger partial charge on any atom is 0.273 e. The lowest BCUT2D eigenvalue weighted by molar-refractivity contribution is 0.0956.